The number of ketones is 1. The van der Waals surface area contributed by atoms with E-state index in [0.29, 0.717) is 17.9 Å². The molecule has 1 saturated carbocycles. The van der Waals surface area contributed by atoms with Gasteiger partial charge in [0.2, 0.25) is 0 Å². The Morgan fingerprint density at radius 2 is 2.08 bits per heavy atom. The molecule has 4 heteroatoms. The maximum absolute atomic E-state index is 12.7. The summed E-state index contributed by atoms with van der Waals surface area (Å²) in [7, 11) is 0. The predicted molar refractivity (Wildman–Crippen MR) is 93.9 cm³/mol. The Morgan fingerprint density at radius 3 is 2.62 bits per heavy atom. The zero-order valence-electron chi connectivity index (χ0n) is 14.8. The van der Waals surface area contributed by atoms with Crippen LogP contribution < -0.4 is 0 Å². The summed E-state index contributed by atoms with van der Waals surface area (Å²) in [6, 6.07) is 8.05. The lowest BCUT2D eigenvalue weighted by Crippen LogP contribution is -2.14. The Morgan fingerprint density at radius 1 is 1.38 bits per heavy atom. The van der Waals surface area contributed by atoms with Gasteiger partial charge in [-0.2, -0.15) is 10.4 Å². The number of benzene rings is 1. The molecule has 1 aromatic heterocycles. The van der Waals surface area contributed by atoms with Crippen molar-refractivity contribution in [1.82, 2.24) is 9.78 Å². The number of aryl methyl sites for hydroxylation is 1. The molecule has 0 aliphatic heterocycles. The number of carbonyl (C=O) groups is 1. The lowest BCUT2D eigenvalue weighted by Gasteiger charge is -2.10. The number of Topliss-reactive ketones (excluding diaryl/α,β-unsaturated/α-hetero) is 1. The first-order chi connectivity index (χ1) is 11.4. The third-order valence-corrected chi connectivity index (χ3v) is 4.69. The first-order valence-corrected chi connectivity index (χ1v) is 8.55. The summed E-state index contributed by atoms with van der Waals surface area (Å²) in [5.41, 5.74) is 5.09. The Kier molecular flexibility index (Phi) is 4.28. The maximum Gasteiger partial charge on any atom is 0.181 e. The van der Waals surface area contributed by atoms with Crippen LogP contribution >= 0.6 is 0 Å². The molecule has 0 bridgehead atoms. The zero-order valence-corrected chi connectivity index (χ0v) is 14.8. The van der Waals surface area contributed by atoms with Crippen LogP contribution in [-0.4, -0.2) is 15.6 Å². The number of hydrogen-bond acceptors (Lipinski definition) is 3. The number of carbonyl (C=O) groups excluding carboxylic acids is 1. The minimum absolute atomic E-state index is 0.134. The normalized spacial score (nSPS) is 14.0. The van der Waals surface area contributed by atoms with Crippen molar-refractivity contribution in [2.45, 2.75) is 53.0 Å². The van der Waals surface area contributed by atoms with E-state index in [9.17, 15) is 4.79 Å². The summed E-state index contributed by atoms with van der Waals surface area (Å²) in [5.74, 6) is 0.765. The van der Waals surface area contributed by atoms with Crippen molar-refractivity contribution in [3.63, 3.8) is 0 Å². The fourth-order valence-electron chi connectivity index (χ4n) is 3.12. The molecule has 1 aliphatic rings. The molecule has 1 heterocycles. The van der Waals surface area contributed by atoms with Gasteiger partial charge < -0.3 is 0 Å². The highest BCUT2D eigenvalue weighted by Gasteiger charge is 2.29. The second-order valence-corrected chi connectivity index (χ2v) is 7.07. The van der Waals surface area contributed by atoms with E-state index in [-0.39, 0.29) is 11.8 Å². The van der Waals surface area contributed by atoms with E-state index in [0.717, 1.165) is 28.1 Å². The van der Waals surface area contributed by atoms with Gasteiger partial charge in [-0.3, -0.25) is 9.48 Å². The largest absolute Gasteiger partial charge is 0.292 e. The number of hydrogen-bond donors (Lipinski definition) is 0. The van der Waals surface area contributed by atoms with Gasteiger partial charge in [-0.05, 0) is 64.2 Å². The highest BCUT2D eigenvalue weighted by molar-refractivity contribution is 5.97. The number of nitrogens with zero attached hydrogens (tertiary/aromatic N) is 3. The molecule has 0 radical (unpaired) electrons. The summed E-state index contributed by atoms with van der Waals surface area (Å²) in [6.45, 7) is 8.01. The molecule has 0 saturated heterocycles. The highest BCUT2D eigenvalue weighted by Crippen LogP contribution is 2.35. The van der Waals surface area contributed by atoms with Crippen LogP contribution in [0.2, 0.25) is 0 Å². The summed E-state index contributed by atoms with van der Waals surface area (Å²) < 4.78 is 1.86. The molecule has 0 atom stereocenters. The van der Waals surface area contributed by atoms with Gasteiger partial charge in [-0.15, -0.1) is 0 Å². The van der Waals surface area contributed by atoms with Crippen LogP contribution in [0.15, 0.2) is 18.2 Å². The number of rotatable bonds is 5. The fourth-order valence-corrected chi connectivity index (χ4v) is 3.12. The average Bonchev–Trinajstić information content (AvgIpc) is 3.27. The van der Waals surface area contributed by atoms with Gasteiger partial charge in [0.05, 0.1) is 17.3 Å². The molecule has 0 N–H and O–H groups in total. The first-order valence-electron chi connectivity index (χ1n) is 8.55. The lowest BCUT2D eigenvalue weighted by molar-refractivity contribution is 0.0963. The van der Waals surface area contributed by atoms with E-state index in [4.69, 9.17) is 10.4 Å². The van der Waals surface area contributed by atoms with Gasteiger partial charge in [-0.25, -0.2) is 0 Å². The highest BCUT2D eigenvalue weighted by atomic mass is 16.1. The molecule has 24 heavy (non-hydrogen) atoms. The van der Waals surface area contributed by atoms with Gasteiger partial charge in [0.25, 0.3) is 0 Å². The van der Waals surface area contributed by atoms with E-state index in [1.165, 1.54) is 12.8 Å². The number of aromatic nitrogens is 2. The number of nitriles is 1. The van der Waals surface area contributed by atoms with Crippen molar-refractivity contribution in [3.8, 4) is 17.3 Å². The van der Waals surface area contributed by atoms with Crippen molar-refractivity contribution < 1.29 is 4.79 Å². The van der Waals surface area contributed by atoms with Crippen LogP contribution in [0.3, 0.4) is 0 Å². The monoisotopic (exact) mass is 321 g/mol. The van der Waals surface area contributed by atoms with E-state index in [1.54, 1.807) is 0 Å². The summed E-state index contributed by atoms with van der Waals surface area (Å²) in [5, 5.41) is 13.8. The minimum atomic E-state index is 0.134. The third kappa shape index (κ3) is 2.99. The van der Waals surface area contributed by atoms with Crippen molar-refractivity contribution >= 4 is 5.78 Å². The molecule has 124 valence electrons. The van der Waals surface area contributed by atoms with E-state index in [2.05, 4.69) is 6.07 Å². The maximum atomic E-state index is 12.7. The van der Waals surface area contributed by atoms with Crippen LogP contribution in [0.5, 0.6) is 0 Å². The molecule has 0 unspecified atom stereocenters. The molecule has 0 amide bonds. The van der Waals surface area contributed by atoms with Gasteiger partial charge in [0.15, 0.2) is 5.78 Å². The minimum Gasteiger partial charge on any atom is -0.292 e. The molecular weight excluding hydrogens is 298 g/mol. The standard InChI is InChI=1S/C20H23N3O/c1-12(2)23-20(18(24)10-15-5-6-15)14(4)19(22-23)16-7-8-17(11-21)13(3)9-16/h7-9,12,15H,5-6,10H2,1-4H3. The summed E-state index contributed by atoms with van der Waals surface area (Å²) in [6.07, 6.45) is 2.97. The van der Waals surface area contributed by atoms with Crippen LogP contribution in [-0.2, 0) is 0 Å². The molecular formula is C20H23N3O. The smallest absolute Gasteiger partial charge is 0.181 e. The second kappa shape index (κ2) is 6.24. The van der Waals surface area contributed by atoms with Crippen LogP contribution in [0.1, 0.15) is 66.3 Å². The summed E-state index contributed by atoms with van der Waals surface area (Å²) >= 11 is 0. The Labute approximate surface area is 143 Å². The Bertz CT molecular complexity index is 835. The SMILES string of the molecule is Cc1cc(-c2nn(C(C)C)c(C(=O)CC3CC3)c2C)ccc1C#N. The van der Waals surface area contributed by atoms with Crippen molar-refractivity contribution in [1.29, 1.82) is 5.26 Å². The van der Waals surface area contributed by atoms with Crippen molar-refractivity contribution in [2.24, 2.45) is 5.92 Å². The van der Waals surface area contributed by atoms with Gasteiger partial charge in [-0.1, -0.05) is 6.07 Å². The van der Waals surface area contributed by atoms with E-state index >= 15 is 0 Å². The molecule has 2 aromatic rings. The van der Waals surface area contributed by atoms with Gasteiger partial charge in [0.1, 0.15) is 5.69 Å². The molecule has 0 spiro atoms. The lowest BCUT2D eigenvalue weighted by atomic mass is 10.00. The summed E-state index contributed by atoms with van der Waals surface area (Å²) in [4.78, 5) is 12.7. The Balaban J connectivity index is 2.07. The van der Waals surface area contributed by atoms with Gasteiger partial charge in [0, 0.05) is 23.6 Å². The van der Waals surface area contributed by atoms with Crippen molar-refractivity contribution in [3.05, 3.63) is 40.6 Å². The molecule has 1 aliphatic carbocycles. The third-order valence-electron chi connectivity index (χ3n) is 4.69. The van der Waals surface area contributed by atoms with Crippen LogP contribution in [0.25, 0.3) is 11.3 Å². The Hall–Kier alpha value is -2.41. The molecule has 1 aromatic carbocycles. The van der Waals surface area contributed by atoms with E-state index in [1.807, 2.05) is 50.6 Å². The van der Waals surface area contributed by atoms with Gasteiger partial charge >= 0.3 is 0 Å². The average molecular weight is 321 g/mol. The molecule has 1 fully saturated rings. The fraction of sp³-hybridized carbons (Fsp3) is 0.450. The molecule has 4 nitrogen and oxygen atoms in total. The quantitative estimate of drug-likeness (QED) is 0.756. The van der Waals surface area contributed by atoms with Crippen molar-refractivity contribution in [2.75, 3.05) is 0 Å². The first kappa shape index (κ1) is 16.4. The van der Waals surface area contributed by atoms with Crippen LogP contribution in [0, 0.1) is 31.1 Å². The van der Waals surface area contributed by atoms with Crippen LogP contribution in [0.4, 0.5) is 0 Å². The zero-order chi connectivity index (χ0) is 17.4. The topological polar surface area (TPSA) is 58.7 Å². The molecule has 3 rings (SSSR count). The predicted octanol–water partition coefficient (Wildman–Crippen LogP) is 4.60. The van der Waals surface area contributed by atoms with E-state index < -0.39 is 0 Å². The second-order valence-electron chi connectivity index (χ2n) is 7.07.